The molecule has 0 aromatic heterocycles. The van der Waals surface area contributed by atoms with E-state index in [1.54, 1.807) is 25.1 Å². The lowest BCUT2D eigenvalue weighted by molar-refractivity contribution is -0.123. The summed E-state index contributed by atoms with van der Waals surface area (Å²) in [7, 11) is 1.54. The summed E-state index contributed by atoms with van der Waals surface area (Å²) in [6.07, 6.45) is 5.30. The lowest BCUT2D eigenvalue weighted by Gasteiger charge is -2.29. The molecule has 1 atom stereocenters. The molecule has 116 valence electrons. The van der Waals surface area contributed by atoms with Crippen LogP contribution in [0.2, 0.25) is 0 Å². The van der Waals surface area contributed by atoms with E-state index >= 15 is 0 Å². The van der Waals surface area contributed by atoms with E-state index in [1.165, 1.54) is 26.0 Å². The summed E-state index contributed by atoms with van der Waals surface area (Å²) >= 11 is 0. The lowest BCUT2D eigenvalue weighted by atomic mass is 9.94. The number of nitrogens with one attached hydrogen (secondary N) is 1. The second-order valence-electron chi connectivity index (χ2n) is 6.05. The molecule has 1 aromatic carbocycles. The Balaban J connectivity index is 1.95. The first-order chi connectivity index (χ1) is 10.0. The van der Waals surface area contributed by atoms with Crippen molar-refractivity contribution in [3.63, 3.8) is 0 Å². The van der Waals surface area contributed by atoms with E-state index < -0.39 is 5.60 Å². The standard InChI is InChI=1S/C17H24FNO2/c1-17(21-2,14-9-5-6-10-15(14)18)12-19-16(20)11-13-7-3-4-8-13/h5-6,9-10,13H,3-4,7-8,11-12H2,1-2H3,(H,19,20). The SMILES string of the molecule is COC(C)(CNC(=O)CC1CCCC1)c1ccccc1F. The first-order valence-electron chi connectivity index (χ1n) is 7.62. The van der Waals surface area contributed by atoms with Gasteiger partial charge in [-0.05, 0) is 31.7 Å². The number of methoxy groups -OCH3 is 1. The van der Waals surface area contributed by atoms with Gasteiger partial charge in [0.25, 0.3) is 0 Å². The molecule has 0 radical (unpaired) electrons. The molecule has 1 aliphatic rings. The Morgan fingerprint density at radius 2 is 2.05 bits per heavy atom. The fraction of sp³-hybridized carbons (Fsp3) is 0.588. The van der Waals surface area contributed by atoms with Crippen LogP contribution >= 0.6 is 0 Å². The van der Waals surface area contributed by atoms with E-state index in [4.69, 9.17) is 4.74 Å². The van der Waals surface area contributed by atoms with E-state index in [2.05, 4.69) is 5.32 Å². The topological polar surface area (TPSA) is 38.3 Å². The van der Waals surface area contributed by atoms with Crippen LogP contribution in [0.25, 0.3) is 0 Å². The predicted octanol–water partition coefficient (Wildman–Crippen LogP) is 3.38. The van der Waals surface area contributed by atoms with Crippen molar-refractivity contribution in [2.45, 2.75) is 44.6 Å². The number of rotatable bonds is 6. The van der Waals surface area contributed by atoms with Crippen molar-refractivity contribution in [3.8, 4) is 0 Å². The number of ether oxygens (including phenoxy) is 1. The maximum absolute atomic E-state index is 13.9. The molecule has 1 saturated carbocycles. The summed E-state index contributed by atoms with van der Waals surface area (Å²) in [5, 5.41) is 2.90. The molecule has 0 spiro atoms. The van der Waals surface area contributed by atoms with Crippen LogP contribution in [-0.2, 0) is 15.1 Å². The van der Waals surface area contributed by atoms with Gasteiger partial charge in [-0.2, -0.15) is 0 Å². The number of halogens is 1. The van der Waals surface area contributed by atoms with Crippen LogP contribution in [0.3, 0.4) is 0 Å². The van der Waals surface area contributed by atoms with Crippen LogP contribution in [0, 0.1) is 11.7 Å². The van der Waals surface area contributed by atoms with Crippen LogP contribution in [0.4, 0.5) is 4.39 Å². The third-order valence-corrected chi connectivity index (χ3v) is 4.47. The molecular formula is C17H24FNO2. The highest BCUT2D eigenvalue weighted by molar-refractivity contribution is 5.76. The molecule has 1 unspecified atom stereocenters. The van der Waals surface area contributed by atoms with Crippen molar-refractivity contribution < 1.29 is 13.9 Å². The van der Waals surface area contributed by atoms with Crippen molar-refractivity contribution in [1.82, 2.24) is 5.32 Å². The third kappa shape index (κ3) is 4.03. The molecule has 1 amide bonds. The maximum atomic E-state index is 13.9. The summed E-state index contributed by atoms with van der Waals surface area (Å²) in [5.74, 6) is 0.223. The van der Waals surface area contributed by atoms with E-state index in [-0.39, 0.29) is 18.3 Å². The second kappa shape index (κ2) is 7.03. The fourth-order valence-electron chi connectivity index (χ4n) is 2.98. The van der Waals surface area contributed by atoms with E-state index in [1.807, 2.05) is 0 Å². The van der Waals surface area contributed by atoms with Crippen molar-refractivity contribution in [1.29, 1.82) is 0 Å². The van der Waals surface area contributed by atoms with Gasteiger partial charge in [0.1, 0.15) is 11.4 Å². The molecule has 0 saturated heterocycles. The van der Waals surface area contributed by atoms with Gasteiger partial charge in [-0.1, -0.05) is 31.0 Å². The molecule has 21 heavy (non-hydrogen) atoms. The highest BCUT2D eigenvalue weighted by Crippen LogP contribution is 2.28. The zero-order chi connectivity index (χ0) is 15.3. The summed E-state index contributed by atoms with van der Waals surface area (Å²) < 4.78 is 19.4. The highest BCUT2D eigenvalue weighted by atomic mass is 19.1. The zero-order valence-corrected chi connectivity index (χ0v) is 12.8. The Morgan fingerprint density at radius 1 is 1.38 bits per heavy atom. The fourth-order valence-corrected chi connectivity index (χ4v) is 2.98. The quantitative estimate of drug-likeness (QED) is 0.873. The highest BCUT2D eigenvalue weighted by Gasteiger charge is 2.30. The molecule has 1 aromatic rings. The monoisotopic (exact) mass is 293 g/mol. The molecule has 0 heterocycles. The number of carbonyl (C=O) groups excluding carboxylic acids is 1. The second-order valence-corrected chi connectivity index (χ2v) is 6.05. The zero-order valence-electron chi connectivity index (χ0n) is 12.8. The van der Waals surface area contributed by atoms with E-state index in [0.717, 1.165) is 12.8 Å². The Bertz CT molecular complexity index is 485. The van der Waals surface area contributed by atoms with E-state index in [9.17, 15) is 9.18 Å². The molecule has 3 nitrogen and oxygen atoms in total. The Kier molecular flexibility index (Phi) is 5.34. The first kappa shape index (κ1) is 16.0. The van der Waals surface area contributed by atoms with Crippen molar-refractivity contribution >= 4 is 5.91 Å². The summed E-state index contributed by atoms with van der Waals surface area (Å²) in [5.41, 5.74) is -0.384. The number of hydrogen-bond donors (Lipinski definition) is 1. The van der Waals surface area contributed by atoms with Gasteiger partial charge in [0, 0.05) is 19.1 Å². The van der Waals surface area contributed by atoms with Gasteiger partial charge in [0.15, 0.2) is 0 Å². The predicted molar refractivity (Wildman–Crippen MR) is 80.3 cm³/mol. The van der Waals surface area contributed by atoms with E-state index in [0.29, 0.717) is 17.9 Å². The van der Waals surface area contributed by atoms with Gasteiger partial charge >= 0.3 is 0 Å². The normalized spacial score (nSPS) is 18.4. The summed E-state index contributed by atoms with van der Waals surface area (Å²) in [4.78, 5) is 12.0. The van der Waals surface area contributed by atoms with Crippen molar-refractivity contribution in [2.75, 3.05) is 13.7 Å². The molecule has 4 heteroatoms. The molecule has 0 aliphatic heterocycles. The summed E-state index contributed by atoms with van der Waals surface area (Å²) in [6.45, 7) is 2.07. The first-order valence-corrected chi connectivity index (χ1v) is 7.62. The Hall–Kier alpha value is -1.42. The van der Waals surface area contributed by atoms with Gasteiger partial charge in [-0.25, -0.2) is 4.39 Å². The number of benzene rings is 1. The van der Waals surface area contributed by atoms with Crippen LogP contribution in [-0.4, -0.2) is 19.6 Å². The minimum atomic E-state index is -0.851. The van der Waals surface area contributed by atoms with Crippen LogP contribution in [0.5, 0.6) is 0 Å². The maximum Gasteiger partial charge on any atom is 0.220 e. The lowest BCUT2D eigenvalue weighted by Crippen LogP contribution is -2.41. The Morgan fingerprint density at radius 3 is 2.67 bits per heavy atom. The van der Waals surface area contributed by atoms with Gasteiger partial charge in [-0.3, -0.25) is 4.79 Å². The molecule has 2 rings (SSSR count). The number of amides is 1. The van der Waals surface area contributed by atoms with Gasteiger partial charge in [0.05, 0.1) is 6.54 Å². The van der Waals surface area contributed by atoms with Crippen LogP contribution in [0.15, 0.2) is 24.3 Å². The minimum absolute atomic E-state index is 0.0292. The van der Waals surface area contributed by atoms with Gasteiger partial charge < -0.3 is 10.1 Å². The number of carbonyl (C=O) groups is 1. The largest absolute Gasteiger partial charge is 0.372 e. The third-order valence-electron chi connectivity index (χ3n) is 4.47. The van der Waals surface area contributed by atoms with Crippen LogP contribution in [0.1, 0.15) is 44.6 Å². The Labute approximate surface area is 125 Å². The average Bonchev–Trinajstić information content (AvgIpc) is 2.98. The molecule has 1 fully saturated rings. The van der Waals surface area contributed by atoms with Crippen molar-refractivity contribution in [3.05, 3.63) is 35.6 Å². The van der Waals surface area contributed by atoms with Gasteiger partial charge in [0.2, 0.25) is 5.91 Å². The number of hydrogen-bond acceptors (Lipinski definition) is 2. The average molecular weight is 293 g/mol. The minimum Gasteiger partial charge on any atom is -0.372 e. The molecule has 0 bridgehead atoms. The van der Waals surface area contributed by atoms with Crippen molar-refractivity contribution in [2.24, 2.45) is 5.92 Å². The molecular weight excluding hydrogens is 269 g/mol. The molecule has 1 N–H and O–H groups in total. The summed E-state index contributed by atoms with van der Waals surface area (Å²) in [6, 6.07) is 6.53. The smallest absolute Gasteiger partial charge is 0.220 e. The van der Waals surface area contributed by atoms with Crippen LogP contribution < -0.4 is 5.32 Å². The molecule has 1 aliphatic carbocycles. The van der Waals surface area contributed by atoms with Gasteiger partial charge in [-0.15, -0.1) is 0 Å².